The minimum Gasteiger partial charge on any atom is -0.481 e. The maximum absolute atomic E-state index is 14.6. The van der Waals surface area contributed by atoms with E-state index >= 15 is 0 Å². The molecular formula is C36H47Cl2N3O4. The third-order valence-electron chi connectivity index (χ3n) is 9.23. The highest BCUT2D eigenvalue weighted by molar-refractivity contribution is 6.47. The summed E-state index contributed by atoms with van der Waals surface area (Å²) in [6, 6.07) is 11.7. The van der Waals surface area contributed by atoms with Gasteiger partial charge in [0.25, 0.3) is 11.8 Å². The van der Waals surface area contributed by atoms with Gasteiger partial charge in [-0.3, -0.25) is 19.4 Å². The van der Waals surface area contributed by atoms with Gasteiger partial charge in [-0.15, -0.1) is 0 Å². The Hall–Kier alpha value is -2.90. The molecule has 7 nitrogen and oxygen atoms in total. The zero-order valence-electron chi connectivity index (χ0n) is 27.5. The van der Waals surface area contributed by atoms with Gasteiger partial charge in [0.15, 0.2) is 0 Å². The number of aliphatic imine (C=N–C) groups is 1. The number of benzene rings is 2. The van der Waals surface area contributed by atoms with Crippen LogP contribution in [0.5, 0.6) is 0 Å². The van der Waals surface area contributed by atoms with Crippen LogP contribution in [0.3, 0.4) is 0 Å². The predicted octanol–water partition coefficient (Wildman–Crippen LogP) is 8.72. The molecule has 0 unspecified atom stereocenters. The Kier molecular flexibility index (Phi) is 10.4. The highest BCUT2D eigenvalue weighted by atomic mass is 35.5. The second-order valence-electron chi connectivity index (χ2n) is 15.1. The number of carboxylic acids is 1. The van der Waals surface area contributed by atoms with E-state index in [9.17, 15) is 14.4 Å². The lowest BCUT2D eigenvalue weighted by Crippen LogP contribution is -2.51. The SMILES string of the molecule is C[C@H](CC(=O)O)NC(=O)c1ccc([C@@H](CCC(C)(C)C)N2C(=O)C(c3cc(Cl)cc(Cl)c3)=NC23CCC(C(C)(C)C)CC3)cc1. The summed E-state index contributed by atoms with van der Waals surface area (Å²) in [5.41, 5.74) is 1.86. The fourth-order valence-corrected chi connectivity index (χ4v) is 7.24. The molecule has 0 saturated heterocycles. The smallest absolute Gasteiger partial charge is 0.305 e. The fraction of sp³-hybridized carbons (Fsp3) is 0.556. The Balaban J connectivity index is 1.75. The number of halogens is 2. The second-order valence-corrected chi connectivity index (χ2v) is 16.0. The summed E-state index contributed by atoms with van der Waals surface area (Å²) in [6.45, 7) is 15.1. The van der Waals surface area contributed by atoms with Gasteiger partial charge in [-0.25, -0.2) is 0 Å². The number of carbonyl (C=O) groups excluding carboxylic acids is 2. The summed E-state index contributed by atoms with van der Waals surface area (Å²) in [4.78, 5) is 45.8. The van der Waals surface area contributed by atoms with Gasteiger partial charge < -0.3 is 15.3 Å². The third kappa shape index (κ3) is 8.48. The van der Waals surface area contributed by atoms with Crippen LogP contribution >= 0.6 is 23.2 Å². The van der Waals surface area contributed by atoms with Crippen molar-refractivity contribution < 1.29 is 19.5 Å². The number of hydrogen-bond donors (Lipinski definition) is 2. The molecule has 1 aliphatic carbocycles. The lowest BCUT2D eigenvalue weighted by atomic mass is 9.69. The van der Waals surface area contributed by atoms with Crippen LogP contribution in [0.15, 0.2) is 47.5 Å². The highest BCUT2D eigenvalue weighted by Crippen LogP contribution is 2.50. The van der Waals surface area contributed by atoms with Gasteiger partial charge in [0.1, 0.15) is 11.4 Å². The molecule has 1 spiro atoms. The van der Waals surface area contributed by atoms with Crippen molar-refractivity contribution in [2.45, 2.75) is 111 Å². The van der Waals surface area contributed by atoms with E-state index in [1.54, 1.807) is 37.3 Å². The molecule has 2 aliphatic rings. The number of hydrogen-bond acceptors (Lipinski definition) is 4. The van der Waals surface area contributed by atoms with Crippen molar-refractivity contribution in [2.24, 2.45) is 21.7 Å². The molecule has 0 bridgehead atoms. The van der Waals surface area contributed by atoms with Crippen LogP contribution in [-0.4, -0.2) is 45.2 Å². The number of nitrogens with zero attached hydrogens (tertiary/aromatic N) is 2. The summed E-state index contributed by atoms with van der Waals surface area (Å²) in [5, 5.41) is 12.7. The van der Waals surface area contributed by atoms with Gasteiger partial charge in [0.2, 0.25) is 0 Å². The summed E-state index contributed by atoms with van der Waals surface area (Å²) in [6.07, 6.45) is 4.86. The molecule has 9 heteroatoms. The van der Waals surface area contributed by atoms with Crippen molar-refractivity contribution in [1.29, 1.82) is 0 Å². The molecule has 2 aromatic carbocycles. The van der Waals surface area contributed by atoms with E-state index in [4.69, 9.17) is 33.3 Å². The fourth-order valence-electron chi connectivity index (χ4n) is 6.71. The van der Waals surface area contributed by atoms with E-state index in [2.05, 4.69) is 46.9 Å². The van der Waals surface area contributed by atoms with E-state index in [1.807, 2.05) is 17.0 Å². The highest BCUT2D eigenvalue weighted by Gasteiger charge is 2.52. The summed E-state index contributed by atoms with van der Waals surface area (Å²) < 4.78 is 0. The van der Waals surface area contributed by atoms with Crippen LogP contribution in [0.4, 0.5) is 0 Å². The zero-order valence-corrected chi connectivity index (χ0v) is 29.1. The molecule has 2 atom stereocenters. The minimum atomic E-state index is -0.970. The number of rotatable bonds is 9. The first-order chi connectivity index (χ1) is 20.9. The molecule has 4 rings (SSSR count). The van der Waals surface area contributed by atoms with Crippen LogP contribution in [-0.2, 0) is 9.59 Å². The van der Waals surface area contributed by atoms with Crippen molar-refractivity contribution >= 4 is 46.7 Å². The van der Waals surface area contributed by atoms with E-state index in [0.717, 1.165) is 44.1 Å². The molecule has 0 radical (unpaired) electrons. The molecule has 2 aromatic rings. The Bertz CT molecular complexity index is 1430. The largest absolute Gasteiger partial charge is 0.481 e. The summed E-state index contributed by atoms with van der Waals surface area (Å²) >= 11 is 12.8. The molecular weight excluding hydrogens is 609 g/mol. The monoisotopic (exact) mass is 655 g/mol. The van der Waals surface area contributed by atoms with Gasteiger partial charge >= 0.3 is 5.97 Å². The molecule has 1 fully saturated rings. The molecule has 1 saturated carbocycles. The van der Waals surface area contributed by atoms with E-state index < -0.39 is 17.7 Å². The lowest BCUT2D eigenvalue weighted by molar-refractivity contribution is -0.137. The summed E-state index contributed by atoms with van der Waals surface area (Å²) in [7, 11) is 0. The second kappa shape index (κ2) is 13.4. The number of carbonyl (C=O) groups is 3. The maximum Gasteiger partial charge on any atom is 0.305 e. The van der Waals surface area contributed by atoms with Gasteiger partial charge in [-0.2, -0.15) is 0 Å². The van der Waals surface area contributed by atoms with Crippen molar-refractivity contribution in [3.8, 4) is 0 Å². The quantitative estimate of drug-likeness (QED) is 0.282. The third-order valence-corrected chi connectivity index (χ3v) is 9.67. The zero-order chi connectivity index (χ0) is 33.3. The Morgan fingerprint density at radius 3 is 2.11 bits per heavy atom. The van der Waals surface area contributed by atoms with Crippen LogP contribution in [0.25, 0.3) is 0 Å². The topological polar surface area (TPSA) is 99.1 Å². The van der Waals surface area contributed by atoms with Gasteiger partial charge in [0, 0.05) is 27.2 Å². The maximum atomic E-state index is 14.6. The first kappa shape index (κ1) is 35.0. The van der Waals surface area contributed by atoms with Gasteiger partial charge in [0.05, 0.1) is 12.5 Å². The molecule has 2 amide bonds. The van der Waals surface area contributed by atoms with Crippen molar-refractivity contribution in [3.63, 3.8) is 0 Å². The average molecular weight is 657 g/mol. The average Bonchev–Trinajstić information content (AvgIpc) is 3.18. The van der Waals surface area contributed by atoms with E-state index in [0.29, 0.717) is 32.8 Å². The van der Waals surface area contributed by atoms with Crippen LogP contribution in [0.2, 0.25) is 10.0 Å². The number of nitrogens with one attached hydrogen (secondary N) is 1. The molecule has 2 N–H and O–H groups in total. The Morgan fingerprint density at radius 2 is 1.60 bits per heavy atom. The molecule has 1 heterocycles. The Morgan fingerprint density at radius 1 is 1.02 bits per heavy atom. The molecule has 244 valence electrons. The summed E-state index contributed by atoms with van der Waals surface area (Å²) in [5.74, 6) is -0.915. The van der Waals surface area contributed by atoms with Crippen molar-refractivity contribution in [1.82, 2.24) is 10.2 Å². The van der Waals surface area contributed by atoms with E-state index in [1.165, 1.54) is 0 Å². The first-order valence-corrected chi connectivity index (χ1v) is 16.7. The standard InChI is InChI=1S/C36H47Cl2N3O4/c1-22(18-30(42)43)39-32(44)24-10-8-23(9-11-24)29(14-15-34(2,3)4)41-33(45)31(25-19-27(37)21-28(38)20-25)40-36(41)16-12-26(13-17-36)35(5,6)7/h8-11,19-22,26,29H,12-18H2,1-7H3,(H,39,44)(H,42,43)/t22-,26?,29-,36?/m1/s1. The van der Waals surface area contributed by atoms with Crippen molar-refractivity contribution in [3.05, 3.63) is 69.2 Å². The van der Waals surface area contributed by atoms with Crippen LogP contribution in [0, 0.1) is 16.7 Å². The van der Waals surface area contributed by atoms with Gasteiger partial charge in [-0.1, -0.05) is 76.9 Å². The molecule has 1 aliphatic heterocycles. The number of carboxylic acid groups (broad SMARTS) is 1. The molecule has 45 heavy (non-hydrogen) atoms. The van der Waals surface area contributed by atoms with Crippen molar-refractivity contribution in [2.75, 3.05) is 0 Å². The van der Waals surface area contributed by atoms with Gasteiger partial charge in [-0.05, 0) is 98.1 Å². The Labute approximate surface area is 277 Å². The normalized spacial score (nSPS) is 21.9. The first-order valence-electron chi connectivity index (χ1n) is 15.9. The van der Waals surface area contributed by atoms with Crippen LogP contribution < -0.4 is 5.32 Å². The minimum absolute atomic E-state index is 0.0301. The predicted molar refractivity (Wildman–Crippen MR) is 181 cm³/mol. The number of aliphatic carboxylic acids is 1. The van der Waals surface area contributed by atoms with Crippen LogP contribution in [0.1, 0.15) is 121 Å². The lowest BCUT2D eigenvalue weighted by Gasteiger charge is -2.47. The van der Waals surface area contributed by atoms with E-state index in [-0.39, 0.29) is 35.1 Å². The molecule has 0 aromatic heterocycles. The number of amides is 2.